The third kappa shape index (κ3) is 4.33. The average Bonchev–Trinajstić information content (AvgIpc) is 3.72. The molecule has 216 valence electrons. The first-order chi connectivity index (χ1) is 22.8. The Morgan fingerprint density at radius 3 is 1.67 bits per heavy atom. The smallest absolute Gasteiger partial charge is 0.211 e. The molecule has 46 heavy (non-hydrogen) atoms. The van der Waals surface area contributed by atoms with E-state index in [0.717, 1.165) is 17.1 Å². The van der Waals surface area contributed by atoms with Crippen LogP contribution in [0, 0.1) is 0 Å². The molecule has 0 aliphatic heterocycles. The van der Waals surface area contributed by atoms with Gasteiger partial charge in [0.15, 0.2) is 12.4 Å². The predicted molar refractivity (Wildman–Crippen MR) is 190 cm³/mol. The minimum atomic E-state index is 1.12. The number of hydrogen-bond donors (Lipinski definition) is 0. The van der Waals surface area contributed by atoms with Gasteiger partial charge in [-0.1, -0.05) is 103 Å². The van der Waals surface area contributed by atoms with Crippen LogP contribution in [0.25, 0.3) is 72.0 Å². The molecule has 0 spiro atoms. The number of hydrogen-bond acceptors (Lipinski definition) is 0. The molecule has 6 aromatic carbocycles. The van der Waals surface area contributed by atoms with E-state index in [0.29, 0.717) is 0 Å². The van der Waals surface area contributed by atoms with Gasteiger partial charge in [0.2, 0.25) is 5.69 Å². The van der Waals surface area contributed by atoms with Crippen LogP contribution in [0.2, 0.25) is 0 Å². The highest BCUT2D eigenvalue weighted by atomic mass is 15.0. The summed E-state index contributed by atoms with van der Waals surface area (Å²) in [4.78, 5) is 0. The largest absolute Gasteiger partial charge is 0.316 e. The third-order valence-electron chi connectivity index (χ3n) is 9.04. The molecule has 3 heteroatoms. The van der Waals surface area contributed by atoms with Crippen LogP contribution in [0.4, 0.5) is 0 Å². The van der Waals surface area contributed by atoms with Gasteiger partial charge in [-0.3, -0.25) is 0 Å². The summed E-state index contributed by atoms with van der Waals surface area (Å²) in [5.74, 6) is 0. The molecule has 0 amide bonds. The van der Waals surface area contributed by atoms with Crippen LogP contribution < -0.4 is 4.57 Å². The lowest BCUT2D eigenvalue weighted by Crippen LogP contribution is -2.29. The molecule has 0 fully saturated rings. The molecular weight excluding hydrogens is 558 g/mol. The molecule has 0 unspecified atom stereocenters. The molecule has 0 N–H and O–H groups in total. The van der Waals surface area contributed by atoms with Crippen molar-refractivity contribution in [3.63, 3.8) is 0 Å². The maximum absolute atomic E-state index is 2.42. The topological polar surface area (TPSA) is 13.7 Å². The van der Waals surface area contributed by atoms with Crippen LogP contribution in [-0.4, -0.2) is 9.13 Å². The highest BCUT2D eigenvalue weighted by Crippen LogP contribution is 2.37. The Balaban J connectivity index is 1.21. The van der Waals surface area contributed by atoms with Gasteiger partial charge in [0, 0.05) is 52.3 Å². The lowest BCUT2D eigenvalue weighted by molar-refractivity contribution is -0.595. The first-order valence-electron chi connectivity index (χ1n) is 15.7. The Morgan fingerprint density at radius 1 is 0.391 bits per heavy atom. The number of para-hydroxylation sites is 2. The number of benzene rings is 6. The van der Waals surface area contributed by atoms with Crippen molar-refractivity contribution in [3.05, 3.63) is 182 Å². The molecule has 0 aliphatic carbocycles. The van der Waals surface area contributed by atoms with Crippen LogP contribution in [-0.2, 0) is 0 Å². The predicted octanol–water partition coefficient (Wildman–Crippen LogP) is 10.3. The zero-order valence-corrected chi connectivity index (χ0v) is 25.2. The fourth-order valence-electron chi connectivity index (χ4n) is 6.85. The lowest BCUT2D eigenvalue weighted by Gasteiger charge is -2.10. The quantitative estimate of drug-likeness (QED) is 0.178. The summed E-state index contributed by atoms with van der Waals surface area (Å²) in [7, 11) is 0. The molecule has 0 saturated heterocycles. The van der Waals surface area contributed by atoms with Crippen LogP contribution in [0.3, 0.4) is 0 Å². The summed E-state index contributed by atoms with van der Waals surface area (Å²) in [6, 6.07) is 58.6. The van der Waals surface area contributed by atoms with Gasteiger partial charge in [0.25, 0.3) is 0 Å². The molecule has 0 saturated carbocycles. The van der Waals surface area contributed by atoms with E-state index in [4.69, 9.17) is 0 Å². The SMILES string of the molecule is c1ccc(-c2cc(-c3ccccc3)cc(-[n+]3ccc(-n4c5ccccc5c5ccc6c(ccn6-c6ccccc6)c54)cc3)c2)cc1. The monoisotopic (exact) mass is 588 g/mol. The summed E-state index contributed by atoms with van der Waals surface area (Å²) in [6.45, 7) is 0. The van der Waals surface area contributed by atoms with Crippen LogP contribution in [0.15, 0.2) is 182 Å². The van der Waals surface area contributed by atoms with Crippen molar-refractivity contribution in [1.82, 2.24) is 9.13 Å². The van der Waals surface area contributed by atoms with E-state index in [9.17, 15) is 0 Å². The van der Waals surface area contributed by atoms with Gasteiger partial charge in [-0.05, 0) is 58.7 Å². The second-order valence-electron chi connectivity index (χ2n) is 11.7. The molecule has 9 aromatic rings. The summed E-state index contributed by atoms with van der Waals surface area (Å²) in [6.07, 6.45) is 6.55. The van der Waals surface area contributed by atoms with E-state index in [1.807, 2.05) is 0 Å². The Hall–Kier alpha value is -6.19. The molecule has 9 rings (SSSR count). The minimum absolute atomic E-state index is 1.12. The standard InChI is InChI=1S/C43H30N3/c1-4-12-31(13-5-1)33-28-34(32-14-6-2-7-15-32)30-37(29-33)44-25-22-36(23-26-44)46-42-19-11-10-18-38(42)39-20-21-41-40(43(39)46)24-27-45(41)35-16-8-3-9-17-35/h1-30H/q+1. The van der Waals surface area contributed by atoms with Crippen LogP contribution >= 0.6 is 0 Å². The highest BCUT2D eigenvalue weighted by Gasteiger charge is 2.18. The van der Waals surface area contributed by atoms with Gasteiger partial charge in [0.1, 0.15) is 0 Å². The van der Waals surface area contributed by atoms with Gasteiger partial charge < -0.3 is 9.13 Å². The minimum Gasteiger partial charge on any atom is -0.316 e. The van der Waals surface area contributed by atoms with Crippen molar-refractivity contribution < 1.29 is 4.57 Å². The van der Waals surface area contributed by atoms with E-state index in [1.165, 1.54) is 55.0 Å². The van der Waals surface area contributed by atoms with Gasteiger partial charge in [-0.15, -0.1) is 0 Å². The maximum atomic E-state index is 2.42. The van der Waals surface area contributed by atoms with E-state index >= 15 is 0 Å². The molecule has 0 aliphatic rings. The van der Waals surface area contributed by atoms with Crippen molar-refractivity contribution in [2.45, 2.75) is 0 Å². The normalized spacial score (nSPS) is 11.5. The van der Waals surface area contributed by atoms with E-state index in [1.54, 1.807) is 0 Å². The van der Waals surface area contributed by atoms with Gasteiger partial charge in [-0.2, -0.15) is 4.57 Å². The lowest BCUT2D eigenvalue weighted by atomic mass is 9.98. The number of aromatic nitrogens is 3. The Morgan fingerprint density at radius 2 is 1.00 bits per heavy atom. The zero-order valence-electron chi connectivity index (χ0n) is 25.2. The van der Waals surface area contributed by atoms with Crippen LogP contribution in [0.5, 0.6) is 0 Å². The van der Waals surface area contributed by atoms with Crippen molar-refractivity contribution >= 4 is 32.7 Å². The molecular formula is C43H30N3+. The zero-order chi connectivity index (χ0) is 30.5. The summed E-state index contributed by atoms with van der Waals surface area (Å²) >= 11 is 0. The van der Waals surface area contributed by atoms with Gasteiger partial charge in [0.05, 0.1) is 22.2 Å². The summed E-state index contributed by atoms with van der Waals surface area (Å²) in [5.41, 5.74) is 11.8. The van der Waals surface area contributed by atoms with Gasteiger partial charge >= 0.3 is 0 Å². The summed E-state index contributed by atoms with van der Waals surface area (Å²) < 4.78 is 6.92. The number of nitrogens with zero attached hydrogens (tertiary/aromatic N) is 3. The van der Waals surface area contributed by atoms with Crippen molar-refractivity contribution in [2.24, 2.45) is 0 Å². The molecule has 3 heterocycles. The first kappa shape index (κ1) is 26.2. The number of fused-ring (bicyclic) bond motifs is 5. The Labute approximate surface area is 267 Å². The molecule has 0 atom stereocenters. The average molecular weight is 589 g/mol. The molecule has 0 radical (unpaired) electrons. The van der Waals surface area contributed by atoms with Gasteiger partial charge in [-0.25, -0.2) is 0 Å². The first-order valence-corrected chi connectivity index (χ1v) is 15.7. The van der Waals surface area contributed by atoms with E-state index < -0.39 is 0 Å². The molecule has 3 nitrogen and oxygen atoms in total. The second kappa shape index (κ2) is 10.8. The van der Waals surface area contributed by atoms with E-state index in [2.05, 4.69) is 196 Å². The molecule has 0 bridgehead atoms. The van der Waals surface area contributed by atoms with Crippen LogP contribution in [0.1, 0.15) is 0 Å². The Bertz CT molecular complexity index is 2430. The fraction of sp³-hybridized carbons (Fsp3) is 0. The maximum Gasteiger partial charge on any atom is 0.211 e. The summed E-state index contributed by atoms with van der Waals surface area (Å²) in [5, 5.41) is 3.75. The second-order valence-corrected chi connectivity index (χ2v) is 11.7. The van der Waals surface area contributed by atoms with Crippen molar-refractivity contribution in [3.8, 4) is 39.3 Å². The van der Waals surface area contributed by atoms with Crippen molar-refractivity contribution in [2.75, 3.05) is 0 Å². The third-order valence-corrected chi connectivity index (χ3v) is 9.04. The highest BCUT2D eigenvalue weighted by molar-refractivity contribution is 6.18. The number of pyridine rings is 1. The van der Waals surface area contributed by atoms with Crippen molar-refractivity contribution in [1.29, 1.82) is 0 Å². The number of rotatable bonds is 5. The Kier molecular flexibility index (Phi) is 6.14. The molecule has 3 aromatic heterocycles. The fourth-order valence-corrected chi connectivity index (χ4v) is 6.85. The van der Waals surface area contributed by atoms with E-state index in [-0.39, 0.29) is 0 Å².